The quantitative estimate of drug-likeness (QED) is 0.819. The zero-order valence-corrected chi connectivity index (χ0v) is 12.8. The Labute approximate surface area is 125 Å². The summed E-state index contributed by atoms with van der Waals surface area (Å²) in [5.41, 5.74) is 0. The second kappa shape index (κ2) is 7.23. The Hall–Kier alpha value is -1.87. The summed E-state index contributed by atoms with van der Waals surface area (Å²) in [6.07, 6.45) is 5.40. The molecule has 114 valence electrons. The molecule has 1 aliphatic rings. The van der Waals surface area contributed by atoms with Gasteiger partial charge in [0.2, 0.25) is 5.91 Å². The summed E-state index contributed by atoms with van der Waals surface area (Å²) in [5.74, 6) is 0.0994. The summed E-state index contributed by atoms with van der Waals surface area (Å²) in [6, 6.07) is 3.91. The fraction of sp³-hybridized carbons (Fsp3) is 0.667. The van der Waals surface area contributed by atoms with Crippen LogP contribution in [0.2, 0.25) is 0 Å². The molecule has 2 rings (SSSR count). The minimum atomic E-state index is -0.269. The van der Waals surface area contributed by atoms with Gasteiger partial charge in [0.15, 0.2) is 0 Å². The third-order valence-electron chi connectivity index (χ3n) is 4.06. The van der Waals surface area contributed by atoms with Gasteiger partial charge in [-0.1, -0.05) is 13.3 Å². The largest absolute Gasteiger partial charge is 0.338 e. The van der Waals surface area contributed by atoms with Crippen molar-refractivity contribution < 1.29 is 4.79 Å². The van der Waals surface area contributed by atoms with Gasteiger partial charge in [0.1, 0.15) is 6.04 Å². The van der Waals surface area contributed by atoms with Gasteiger partial charge in [-0.15, -0.1) is 0 Å². The van der Waals surface area contributed by atoms with Gasteiger partial charge in [-0.2, -0.15) is 10.4 Å². The highest BCUT2D eigenvalue weighted by atomic mass is 16.2. The molecule has 0 N–H and O–H groups in total. The monoisotopic (exact) mass is 289 g/mol. The average molecular weight is 289 g/mol. The molecule has 0 spiro atoms. The van der Waals surface area contributed by atoms with E-state index >= 15 is 0 Å². The van der Waals surface area contributed by atoms with Crippen molar-refractivity contribution >= 4 is 5.91 Å². The Bertz CT molecular complexity index is 485. The van der Waals surface area contributed by atoms with Crippen LogP contribution in [0.3, 0.4) is 0 Å². The second-order valence-electron chi connectivity index (χ2n) is 5.46. The van der Waals surface area contributed by atoms with E-state index < -0.39 is 0 Å². The van der Waals surface area contributed by atoms with Gasteiger partial charge in [-0.3, -0.25) is 14.4 Å². The molecule has 6 nitrogen and oxygen atoms in total. The first-order valence-electron chi connectivity index (χ1n) is 7.59. The molecule has 2 heterocycles. The lowest BCUT2D eigenvalue weighted by Crippen LogP contribution is -2.52. The Kier molecular flexibility index (Phi) is 5.34. The van der Waals surface area contributed by atoms with E-state index in [4.69, 9.17) is 0 Å². The van der Waals surface area contributed by atoms with Crippen LogP contribution in [0.4, 0.5) is 0 Å². The second-order valence-corrected chi connectivity index (χ2v) is 5.46. The number of hydrogen-bond acceptors (Lipinski definition) is 4. The molecule has 2 unspecified atom stereocenters. The molecule has 2 atom stereocenters. The summed E-state index contributed by atoms with van der Waals surface area (Å²) >= 11 is 0. The van der Waals surface area contributed by atoms with E-state index in [-0.39, 0.29) is 18.0 Å². The van der Waals surface area contributed by atoms with Gasteiger partial charge in [-0.05, 0) is 19.4 Å². The Morgan fingerprint density at radius 2 is 2.10 bits per heavy atom. The van der Waals surface area contributed by atoms with E-state index in [1.54, 1.807) is 10.9 Å². The van der Waals surface area contributed by atoms with E-state index in [2.05, 4.69) is 23.0 Å². The predicted octanol–water partition coefficient (Wildman–Crippen LogP) is 1.28. The number of hydrogen-bond donors (Lipinski definition) is 0. The number of carbonyl (C=O) groups is 1. The fourth-order valence-corrected chi connectivity index (χ4v) is 2.74. The van der Waals surface area contributed by atoms with E-state index in [0.29, 0.717) is 13.1 Å². The Morgan fingerprint density at radius 1 is 1.38 bits per heavy atom. The van der Waals surface area contributed by atoms with Gasteiger partial charge in [0.05, 0.1) is 12.1 Å². The normalized spacial score (nSPS) is 19.0. The highest BCUT2D eigenvalue weighted by Gasteiger charge is 2.28. The molecule has 1 aliphatic heterocycles. The number of amides is 1. The predicted molar refractivity (Wildman–Crippen MR) is 79.4 cm³/mol. The lowest BCUT2D eigenvalue weighted by molar-refractivity contribution is -0.136. The Balaban J connectivity index is 1.89. The molecule has 6 heteroatoms. The molecule has 1 saturated heterocycles. The lowest BCUT2D eigenvalue weighted by atomic mass is 10.1. The lowest BCUT2D eigenvalue weighted by Gasteiger charge is -2.37. The van der Waals surface area contributed by atoms with Gasteiger partial charge in [-0.25, -0.2) is 0 Å². The fourth-order valence-electron chi connectivity index (χ4n) is 2.74. The zero-order valence-electron chi connectivity index (χ0n) is 12.8. The van der Waals surface area contributed by atoms with Crippen molar-refractivity contribution in [2.45, 2.75) is 38.8 Å². The van der Waals surface area contributed by atoms with Gasteiger partial charge >= 0.3 is 0 Å². The minimum absolute atomic E-state index is 0.0178. The highest BCUT2D eigenvalue weighted by molar-refractivity contribution is 5.80. The van der Waals surface area contributed by atoms with Crippen LogP contribution >= 0.6 is 0 Å². The van der Waals surface area contributed by atoms with Crippen molar-refractivity contribution in [2.24, 2.45) is 0 Å². The standard InChI is InChI=1S/C15H23N5O/c1-3-5-14(12-16)18-8-10-19(11-9-18)15(21)13(2)20-7-4-6-17-20/h4,6-7,13-14H,3,5,8-11H2,1-2H3. The van der Waals surface area contributed by atoms with Crippen LogP contribution in [0.25, 0.3) is 0 Å². The average Bonchev–Trinajstić information content (AvgIpc) is 3.06. The topological polar surface area (TPSA) is 65.2 Å². The SMILES string of the molecule is CCCC(C#N)N1CCN(C(=O)C(C)n2cccn2)CC1. The molecule has 1 aromatic heterocycles. The van der Waals surface area contributed by atoms with Crippen LogP contribution < -0.4 is 0 Å². The molecule has 21 heavy (non-hydrogen) atoms. The molecule has 0 aliphatic carbocycles. The molecule has 1 aromatic rings. The Morgan fingerprint density at radius 3 is 2.62 bits per heavy atom. The maximum atomic E-state index is 12.4. The number of nitriles is 1. The molecule has 0 radical (unpaired) electrons. The van der Waals surface area contributed by atoms with Crippen LogP contribution in [-0.2, 0) is 4.79 Å². The molecule has 0 saturated carbocycles. The third-order valence-corrected chi connectivity index (χ3v) is 4.06. The van der Waals surface area contributed by atoms with Crippen molar-refractivity contribution in [3.8, 4) is 6.07 Å². The van der Waals surface area contributed by atoms with Crippen molar-refractivity contribution in [3.05, 3.63) is 18.5 Å². The molecule has 0 aromatic carbocycles. The molecular formula is C15H23N5O. The van der Waals surface area contributed by atoms with Gasteiger partial charge in [0, 0.05) is 38.6 Å². The maximum absolute atomic E-state index is 12.4. The van der Waals surface area contributed by atoms with Crippen molar-refractivity contribution in [1.29, 1.82) is 5.26 Å². The summed E-state index contributed by atoms with van der Waals surface area (Å²) in [6.45, 7) is 6.89. The number of aromatic nitrogens is 2. The summed E-state index contributed by atoms with van der Waals surface area (Å²) in [5, 5.41) is 13.3. The number of rotatable bonds is 5. The summed E-state index contributed by atoms with van der Waals surface area (Å²) < 4.78 is 1.68. The first kappa shape index (κ1) is 15.5. The van der Waals surface area contributed by atoms with Crippen molar-refractivity contribution in [2.75, 3.05) is 26.2 Å². The molecule has 1 amide bonds. The zero-order chi connectivity index (χ0) is 15.2. The van der Waals surface area contributed by atoms with E-state index in [1.165, 1.54) is 0 Å². The highest BCUT2D eigenvalue weighted by Crippen LogP contribution is 2.14. The van der Waals surface area contributed by atoms with Gasteiger partial charge in [0.25, 0.3) is 0 Å². The van der Waals surface area contributed by atoms with Crippen LogP contribution in [0, 0.1) is 11.3 Å². The molecular weight excluding hydrogens is 266 g/mol. The van der Waals surface area contributed by atoms with Crippen LogP contribution in [0.15, 0.2) is 18.5 Å². The number of piperazine rings is 1. The first-order chi connectivity index (χ1) is 10.2. The van der Waals surface area contributed by atoms with Crippen LogP contribution in [-0.4, -0.2) is 57.7 Å². The number of carbonyl (C=O) groups excluding carboxylic acids is 1. The molecule has 0 bridgehead atoms. The van der Waals surface area contributed by atoms with E-state index in [9.17, 15) is 10.1 Å². The maximum Gasteiger partial charge on any atom is 0.247 e. The van der Waals surface area contributed by atoms with E-state index in [0.717, 1.165) is 25.9 Å². The molecule has 1 fully saturated rings. The van der Waals surface area contributed by atoms with Crippen molar-refractivity contribution in [3.63, 3.8) is 0 Å². The van der Waals surface area contributed by atoms with Crippen molar-refractivity contribution in [1.82, 2.24) is 19.6 Å². The minimum Gasteiger partial charge on any atom is -0.338 e. The van der Waals surface area contributed by atoms with Crippen LogP contribution in [0.1, 0.15) is 32.7 Å². The smallest absolute Gasteiger partial charge is 0.247 e. The number of nitrogens with zero attached hydrogens (tertiary/aromatic N) is 5. The first-order valence-corrected chi connectivity index (χ1v) is 7.59. The van der Waals surface area contributed by atoms with Gasteiger partial charge < -0.3 is 4.90 Å². The van der Waals surface area contributed by atoms with Crippen LogP contribution in [0.5, 0.6) is 0 Å². The summed E-state index contributed by atoms with van der Waals surface area (Å²) in [7, 11) is 0. The summed E-state index contributed by atoms with van der Waals surface area (Å²) in [4.78, 5) is 16.5. The third kappa shape index (κ3) is 3.61. The van der Waals surface area contributed by atoms with E-state index in [1.807, 2.05) is 24.1 Å².